The van der Waals surface area contributed by atoms with Crippen molar-refractivity contribution in [1.82, 2.24) is 19.9 Å². The summed E-state index contributed by atoms with van der Waals surface area (Å²) < 4.78 is 66.7. The topological polar surface area (TPSA) is 432 Å². The molecule has 6 N–H and O–H groups in total. The van der Waals surface area contributed by atoms with Crippen molar-refractivity contribution in [3.63, 3.8) is 0 Å². The Bertz CT molecular complexity index is 6600. The molecule has 0 amide bonds. The smallest absolute Gasteiger partial charge is 0.747 e. The number of para-hydroxylation sites is 1. The van der Waals surface area contributed by atoms with E-state index in [-0.39, 0.29) is 64.9 Å². The number of Topliss-reactive ketones (excluding diaryl/α,β-unsaturated/α-hetero) is 1. The van der Waals surface area contributed by atoms with Crippen molar-refractivity contribution in [2.45, 2.75) is 118 Å². The second-order valence-corrected chi connectivity index (χ2v) is 39.3. The molecule has 16 rings (SSSR count). The fourth-order valence-corrected chi connectivity index (χ4v) is 19.5. The van der Waals surface area contributed by atoms with Gasteiger partial charge in [0, 0.05) is 23.5 Å². The first-order chi connectivity index (χ1) is 62.0. The summed E-state index contributed by atoms with van der Waals surface area (Å²) in [5.74, 6) is -1.10. The van der Waals surface area contributed by atoms with Crippen LogP contribution in [0.15, 0.2) is 296 Å². The number of nitrogens with zero attached hydrogens (tertiary/aromatic N) is 18. The van der Waals surface area contributed by atoms with Crippen LogP contribution in [0.25, 0.3) is 38.1 Å². The van der Waals surface area contributed by atoms with Gasteiger partial charge in [-0.1, -0.05) is 223 Å². The molecule has 0 saturated heterocycles. The average molecular weight is 1940 g/mol. The number of unbranched alkanes of at least 4 members (excludes halogenated alkanes) is 4. The summed E-state index contributed by atoms with van der Waals surface area (Å²) in [6, 6.07) is 70.8. The number of aryl methyl sites for hydroxylation is 4. The molecule has 658 valence electrons. The van der Waals surface area contributed by atoms with Crippen molar-refractivity contribution in [3.05, 3.63) is 252 Å². The van der Waals surface area contributed by atoms with Crippen LogP contribution in [0.3, 0.4) is 0 Å². The van der Waals surface area contributed by atoms with E-state index in [0.717, 1.165) is 123 Å². The van der Waals surface area contributed by atoms with E-state index in [1.165, 1.54) is 164 Å². The second-order valence-electron chi connectivity index (χ2n) is 28.3. The zero-order valence-corrected chi connectivity index (χ0v) is 84.3. The van der Waals surface area contributed by atoms with Crippen molar-refractivity contribution in [3.8, 4) is 0 Å². The first kappa shape index (κ1) is 102. The number of thiophene rings is 4. The van der Waals surface area contributed by atoms with Gasteiger partial charge in [-0.15, -0.1) is 71.6 Å². The van der Waals surface area contributed by atoms with Crippen molar-refractivity contribution in [1.29, 1.82) is 0 Å². The number of nitrogen functional groups attached to an aromatic ring is 2. The second kappa shape index (κ2) is 52.3. The van der Waals surface area contributed by atoms with E-state index in [9.17, 15) is 30.7 Å². The van der Waals surface area contributed by atoms with Gasteiger partial charge in [0.2, 0.25) is 15.4 Å². The van der Waals surface area contributed by atoms with Crippen LogP contribution < -0.4 is 81.2 Å². The van der Waals surface area contributed by atoms with Crippen LogP contribution in [0, 0.1) is 0 Å². The van der Waals surface area contributed by atoms with E-state index in [4.69, 9.17) is 11.5 Å². The van der Waals surface area contributed by atoms with E-state index >= 15 is 0 Å². The van der Waals surface area contributed by atoms with Gasteiger partial charge in [-0.2, -0.15) is 0 Å². The van der Waals surface area contributed by atoms with Crippen LogP contribution in [0.5, 0.6) is 0 Å². The molecule has 0 unspecified atom stereocenters. The number of rotatable bonds is 34. The number of nitrogens with two attached hydrogens (primary N) is 2. The summed E-state index contributed by atoms with van der Waals surface area (Å²) in [5.41, 5.74) is 24.9. The third-order valence-electron chi connectivity index (χ3n) is 17.9. The SMILES string of the molecule is CCCCc1ccc(N=Nc2cc3sc(N)nc3s2)cc1.CCCCc1ccc(N=Nc2cc3sc(N=Nc4ccc(CC(C)=O)cc4)nc3s2)cc1.CCCCc1ccc(N=Nc2cc3sc(N=Nc4ccc(N)cc4)nc3s2)cc1.CCCCc1ccc(N=Nc2cc3sc(N=Nc4ccc(NCS(=O)(=O)[O-])cc4)nc3s2)cc1.O=S(=O)([O-])CNc1ccccc1.[Na+].[Na+]. The van der Waals surface area contributed by atoms with Gasteiger partial charge in [-0.05, 0) is 232 Å². The average Bonchev–Trinajstić information content (AvgIpc) is 1.68. The standard InChI is InChI=1S/C24H23N5OS2.C22H22N6O3S3.C21H20N6S2.C15H16N4S2.C7H9NO3S.2Na/c1-3-4-5-17-6-10-19(11-7-17)26-28-22-15-21-23(32-22)25-24(31-21)29-27-20-12-8-18(9-13-20)14-16(2)30;1-2-3-4-15-5-7-17(8-6-15)25-27-20-13-19-21(33-20)24-22(32-19)28-26-18-11-9-16(10-12-18)23-14-34(29,30)31;1-2-3-4-14-5-9-16(10-6-14)24-26-19-13-18-20(29-19)23-21(28-18)27-25-17-11-7-15(22)8-12-17;1-2-3-4-10-5-7-11(8-6-10)18-19-13-9-12-14(21-13)17-15(16)20-12;9-12(10,11)6-8-7-4-2-1-3-5-7;;/h6-13,15H,3-5,14H2,1-2H3;5-13,23H,2-4,14H2,1H3,(H,29,30,31);5-13H,2-4,22H2,1H3;5-9H,2-4H2,1H3,(H2,16,17);1-5,8H,6H2,(H,9,10,11);;/q;;;;;2*+1/p-2. The van der Waals surface area contributed by atoms with Gasteiger partial charge in [0.25, 0.3) is 0 Å². The monoisotopic (exact) mass is 1940 g/mol. The van der Waals surface area contributed by atoms with Crippen molar-refractivity contribution in [2.75, 3.05) is 33.9 Å². The number of azo groups is 7. The Morgan fingerprint density at radius 2 is 0.592 bits per heavy atom. The number of aromatic nitrogens is 4. The number of benzene rings is 8. The zero-order valence-electron chi connectivity index (χ0n) is 72.1. The molecule has 8 aromatic heterocycles. The van der Waals surface area contributed by atoms with Crippen LogP contribution in [-0.2, 0) is 57.1 Å². The molecular formula is C89H88N22Na2O7S10. The van der Waals surface area contributed by atoms with Gasteiger partial charge in [0.1, 0.15) is 77.1 Å². The maximum atomic E-state index is 11.2. The number of thiazole rings is 4. The molecule has 8 heterocycles. The first-order valence-electron chi connectivity index (χ1n) is 40.6. The number of fused-ring (bicyclic) bond motifs is 4. The molecule has 0 aliphatic rings. The summed E-state index contributed by atoms with van der Waals surface area (Å²) in [7, 11) is -8.52. The van der Waals surface area contributed by atoms with Crippen molar-refractivity contribution >= 4 is 252 Å². The summed E-state index contributed by atoms with van der Waals surface area (Å²) in [4.78, 5) is 32.5. The maximum absolute atomic E-state index is 11.2. The van der Waals surface area contributed by atoms with Gasteiger partial charge in [0.05, 0.1) is 58.6 Å². The molecule has 41 heteroatoms. The molecule has 16 aromatic rings. The number of anilines is 4. The number of ketones is 1. The zero-order chi connectivity index (χ0) is 90.0. The molecule has 8 aromatic carbocycles. The maximum Gasteiger partial charge on any atom is 1.00 e. The molecular weight excluding hydrogens is 1860 g/mol. The Kier molecular flexibility index (Phi) is 41.1. The van der Waals surface area contributed by atoms with Crippen LogP contribution >= 0.6 is 90.7 Å². The van der Waals surface area contributed by atoms with Gasteiger partial charge in [0.15, 0.2) is 5.13 Å². The van der Waals surface area contributed by atoms with Gasteiger partial charge < -0.3 is 31.2 Å². The fraction of sp³-hybridized carbons (Fsp3) is 0.225. The van der Waals surface area contributed by atoms with E-state index in [0.29, 0.717) is 49.7 Å². The first-order valence-corrected chi connectivity index (χ1v) is 50.3. The summed E-state index contributed by atoms with van der Waals surface area (Å²) >= 11 is 11.8. The molecule has 0 aliphatic heterocycles. The molecule has 0 atom stereocenters. The Morgan fingerprint density at radius 1 is 0.331 bits per heavy atom. The van der Waals surface area contributed by atoms with Gasteiger partial charge in [-0.25, -0.2) is 36.8 Å². The molecule has 0 fully saturated rings. The van der Waals surface area contributed by atoms with Crippen LogP contribution in [-0.4, -0.2) is 63.4 Å². The normalized spacial score (nSPS) is 11.7. The molecule has 0 spiro atoms. The summed E-state index contributed by atoms with van der Waals surface area (Å²) in [5, 5.41) is 70.5. The molecule has 29 nitrogen and oxygen atoms in total. The minimum atomic E-state index is -4.33. The minimum Gasteiger partial charge on any atom is -0.747 e. The third-order valence-corrected chi connectivity index (χ3v) is 26.6. The van der Waals surface area contributed by atoms with E-state index in [2.05, 4.69) is 178 Å². The predicted molar refractivity (Wildman–Crippen MR) is 525 cm³/mol. The Morgan fingerprint density at radius 3 is 0.869 bits per heavy atom. The Balaban J connectivity index is 0.000000173. The summed E-state index contributed by atoms with van der Waals surface area (Å²) in [6.07, 6.45) is 14.5. The van der Waals surface area contributed by atoms with Crippen LogP contribution in [0.1, 0.15) is 114 Å². The molecule has 0 saturated carbocycles. The van der Waals surface area contributed by atoms with E-state index in [1.54, 1.807) is 73.7 Å². The van der Waals surface area contributed by atoms with Crippen molar-refractivity contribution < 1.29 is 89.9 Å². The number of hydrogen-bond donors (Lipinski definition) is 4. The summed E-state index contributed by atoms with van der Waals surface area (Å²) in [6.45, 7) is 10.4. The fourth-order valence-electron chi connectivity index (χ4n) is 11.4. The van der Waals surface area contributed by atoms with Crippen LogP contribution in [0.2, 0.25) is 0 Å². The quantitative estimate of drug-likeness (QED) is 0.0126. The van der Waals surface area contributed by atoms with Crippen LogP contribution in [0.4, 0.5) is 97.4 Å². The molecule has 0 bridgehead atoms. The Labute approximate surface area is 829 Å². The van der Waals surface area contributed by atoms with Gasteiger partial charge in [-0.3, -0.25) is 4.79 Å². The van der Waals surface area contributed by atoms with E-state index in [1.807, 2.05) is 109 Å². The number of nitrogens with one attached hydrogen (secondary N) is 2. The van der Waals surface area contributed by atoms with E-state index < -0.39 is 32.0 Å². The third kappa shape index (κ3) is 35.0. The van der Waals surface area contributed by atoms with Crippen molar-refractivity contribution in [2.24, 2.45) is 71.6 Å². The number of carbonyl (C=O) groups excluding carboxylic acids is 1. The molecule has 0 aliphatic carbocycles. The Hall–Kier alpha value is -9.99. The molecule has 0 radical (unpaired) electrons. The predicted octanol–water partition coefficient (Wildman–Crippen LogP) is 24.5. The number of hydrogen-bond acceptors (Lipinski definition) is 37. The largest absolute Gasteiger partial charge is 1.00 e. The minimum absolute atomic E-state index is 0. The van der Waals surface area contributed by atoms with Gasteiger partial charge >= 0.3 is 59.1 Å². The number of carbonyl (C=O) groups is 1. The molecule has 130 heavy (non-hydrogen) atoms.